The van der Waals surface area contributed by atoms with Crippen LogP contribution in [-0.2, 0) is 0 Å². The Morgan fingerprint density at radius 1 is 1.00 bits per heavy atom. The van der Waals surface area contributed by atoms with Gasteiger partial charge < -0.3 is 4.42 Å². The number of halogens is 2. The van der Waals surface area contributed by atoms with E-state index in [0.717, 1.165) is 5.56 Å². The zero-order valence-corrected chi connectivity index (χ0v) is 13.9. The molecule has 6 heteroatoms. The van der Waals surface area contributed by atoms with Crippen LogP contribution < -0.4 is 5.43 Å². The van der Waals surface area contributed by atoms with Crippen LogP contribution in [0.25, 0.3) is 11.3 Å². The van der Waals surface area contributed by atoms with E-state index in [-0.39, 0.29) is 5.91 Å². The minimum atomic E-state index is -0.289. The van der Waals surface area contributed by atoms with Crippen molar-refractivity contribution >= 4 is 35.3 Å². The van der Waals surface area contributed by atoms with Gasteiger partial charge in [0.2, 0.25) is 0 Å². The molecule has 0 saturated heterocycles. The molecule has 0 fully saturated rings. The van der Waals surface area contributed by atoms with Crippen LogP contribution in [0.1, 0.15) is 16.1 Å². The van der Waals surface area contributed by atoms with Gasteiger partial charge in [0, 0.05) is 11.1 Å². The van der Waals surface area contributed by atoms with Gasteiger partial charge in [-0.05, 0) is 42.5 Å². The summed E-state index contributed by atoms with van der Waals surface area (Å²) in [5.41, 5.74) is 3.78. The van der Waals surface area contributed by atoms with E-state index in [1.165, 1.54) is 6.21 Å². The average Bonchev–Trinajstić information content (AvgIpc) is 3.07. The fraction of sp³-hybridized carbons (Fsp3) is 0. The molecule has 3 rings (SSSR count). The normalized spacial score (nSPS) is 10.9. The highest BCUT2D eigenvalue weighted by Crippen LogP contribution is 2.29. The monoisotopic (exact) mass is 358 g/mol. The van der Waals surface area contributed by atoms with Crippen LogP contribution in [0, 0.1) is 0 Å². The summed E-state index contributed by atoms with van der Waals surface area (Å²) >= 11 is 11.9. The number of rotatable bonds is 4. The Morgan fingerprint density at radius 2 is 1.79 bits per heavy atom. The van der Waals surface area contributed by atoms with Crippen LogP contribution in [0.2, 0.25) is 10.0 Å². The molecule has 0 aliphatic heterocycles. The molecule has 1 heterocycles. The number of carbonyl (C=O) groups excluding carboxylic acids is 1. The summed E-state index contributed by atoms with van der Waals surface area (Å²) in [6, 6.07) is 17.6. The SMILES string of the molecule is O=C(N/N=C/c1ccc(-c2ccc(Cl)c(Cl)c2)o1)c1ccccc1. The third-order valence-corrected chi connectivity index (χ3v) is 3.96. The van der Waals surface area contributed by atoms with Gasteiger partial charge in [-0.15, -0.1) is 0 Å². The lowest BCUT2D eigenvalue weighted by molar-refractivity contribution is 0.0955. The zero-order chi connectivity index (χ0) is 16.9. The van der Waals surface area contributed by atoms with Crippen LogP contribution in [0.4, 0.5) is 0 Å². The molecule has 1 aromatic heterocycles. The van der Waals surface area contributed by atoms with Crippen molar-refractivity contribution in [3.05, 3.63) is 82.0 Å². The number of nitrogens with zero attached hydrogens (tertiary/aromatic N) is 1. The first-order valence-corrected chi connectivity index (χ1v) is 7.83. The largest absolute Gasteiger partial charge is 0.455 e. The van der Waals surface area contributed by atoms with E-state index in [0.29, 0.717) is 27.1 Å². The molecule has 0 aliphatic rings. The Bertz CT molecular complexity index is 889. The highest BCUT2D eigenvalue weighted by Gasteiger charge is 2.07. The standard InChI is InChI=1S/C18H12Cl2N2O2/c19-15-8-6-13(10-16(15)20)17-9-7-14(24-17)11-21-22-18(23)12-4-2-1-3-5-12/h1-11H,(H,22,23)/b21-11+. The van der Waals surface area contributed by atoms with Gasteiger partial charge in [-0.1, -0.05) is 41.4 Å². The predicted molar refractivity (Wildman–Crippen MR) is 95.7 cm³/mol. The lowest BCUT2D eigenvalue weighted by atomic mass is 10.2. The molecular formula is C18H12Cl2N2O2. The van der Waals surface area contributed by atoms with Gasteiger partial charge in [-0.2, -0.15) is 5.10 Å². The van der Waals surface area contributed by atoms with Gasteiger partial charge in [0.15, 0.2) is 0 Å². The summed E-state index contributed by atoms with van der Waals surface area (Å²) in [6.45, 7) is 0. The molecule has 0 saturated carbocycles. The van der Waals surface area contributed by atoms with E-state index in [1.807, 2.05) is 12.1 Å². The number of furan rings is 1. The van der Waals surface area contributed by atoms with Crippen molar-refractivity contribution < 1.29 is 9.21 Å². The molecule has 4 nitrogen and oxygen atoms in total. The summed E-state index contributed by atoms with van der Waals surface area (Å²) in [6.07, 6.45) is 1.43. The molecule has 24 heavy (non-hydrogen) atoms. The number of nitrogens with one attached hydrogen (secondary N) is 1. The van der Waals surface area contributed by atoms with Gasteiger partial charge in [-0.3, -0.25) is 4.79 Å². The van der Waals surface area contributed by atoms with Crippen LogP contribution in [0.3, 0.4) is 0 Å². The van der Waals surface area contributed by atoms with Gasteiger partial charge in [-0.25, -0.2) is 5.43 Å². The summed E-state index contributed by atoms with van der Waals surface area (Å²) in [5, 5.41) is 4.83. The number of amides is 1. The van der Waals surface area contributed by atoms with E-state index in [9.17, 15) is 4.79 Å². The third-order valence-electron chi connectivity index (χ3n) is 3.22. The maximum absolute atomic E-state index is 11.8. The second-order valence-corrected chi connectivity index (χ2v) is 5.71. The van der Waals surface area contributed by atoms with Gasteiger partial charge in [0.25, 0.3) is 5.91 Å². The van der Waals surface area contributed by atoms with Crippen molar-refractivity contribution in [1.29, 1.82) is 0 Å². The summed E-state index contributed by atoms with van der Waals surface area (Å²) < 4.78 is 5.65. The lowest BCUT2D eigenvalue weighted by Crippen LogP contribution is -2.17. The molecule has 3 aromatic rings. The fourth-order valence-electron chi connectivity index (χ4n) is 2.04. The first kappa shape index (κ1) is 16.3. The van der Waals surface area contributed by atoms with Crippen molar-refractivity contribution in [2.45, 2.75) is 0 Å². The predicted octanol–water partition coefficient (Wildman–Crippen LogP) is 5.02. The molecule has 120 valence electrons. The van der Waals surface area contributed by atoms with Crippen LogP contribution >= 0.6 is 23.2 Å². The molecule has 0 unspecified atom stereocenters. The second kappa shape index (κ2) is 7.34. The van der Waals surface area contributed by atoms with E-state index < -0.39 is 0 Å². The van der Waals surface area contributed by atoms with Gasteiger partial charge >= 0.3 is 0 Å². The Hall–Kier alpha value is -2.56. The summed E-state index contributed by atoms with van der Waals surface area (Å²) in [7, 11) is 0. The van der Waals surface area contributed by atoms with Crippen molar-refractivity contribution in [2.75, 3.05) is 0 Å². The minimum absolute atomic E-state index is 0.289. The summed E-state index contributed by atoms with van der Waals surface area (Å²) in [4.78, 5) is 11.8. The third kappa shape index (κ3) is 3.85. The van der Waals surface area contributed by atoms with E-state index in [4.69, 9.17) is 27.6 Å². The van der Waals surface area contributed by atoms with Crippen molar-refractivity contribution in [3.8, 4) is 11.3 Å². The van der Waals surface area contributed by atoms with E-state index in [1.54, 1.807) is 48.5 Å². The highest BCUT2D eigenvalue weighted by atomic mass is 35.5. The minimum Gasteiger partial charge on any atom is -0.455 e. The number of hydrazone groups is 1. The van der Waals surface area contributed by atoms with Crippen molar-refractivity contribution in [3.63, 3.8) is 0 Å². The highest BCUT2D eigenvalue weighted by molar-refractivity contribution is 6.42. The number of hydrogen-bond donors (Lipinski definition) is 1. The van der Waals surface area contributed by atoms with Gasteiger partial charge in [0.05, 0.1) is 16.3 Å². The van der Waals surface area contributed by atoms with E-state index in [2.05, 4.69) is 10.5 Å². The Kier molecular flexibility index (Phi) is 4.99. The van der Waals surface area contributed by atoms with Crippen LogP contribution in [0.15, 0.2) is 70.2 Å². The first-order chi connectivity index (χ1) is 11.6. The number of hydrogen-bond acceptors (Lipinski definition) is 3. The Balaban J connectivity index is 1.67. The van der Waals surface area contributed by atoms with Crippen molar-refractivity contribution in [1.82, 2.24) is 5.43 Å². The molecular weight excluding hydrogens is 347 g/mol. The van der Waals surface area contributed by atoms with Crippen molar-refractivity contribution in [2.24, 2.45) is 5.10 Å². The lowest BCUT2D eigenvalue weighted by Gasteiger charge is -1.99. The molecule has 0 bridgehead atoms. The second-order valence-electron chi connectivity index (χ2n) is 4.90. The topological polar surface area (TPSA) is 54.6 Å². The molecule has 0 spiro atoms. The smallest absolute Gasteiger partial charge is 0.271 e. The molecule has 0 radical (unpaired) electrons. The quantitative estimate of drug-likeness (QED) is 0.525. The maximum Gasteiger partial charge on any atom is 0.271 e. The first-order valence-electron chi connectivity index (χ1n) is 7.07. The average molecular weight is 359 g/mol. The molecule has 0 aliphatic carbocycles. The van der Waals surface area contributed by atoms with Gasteiger partial charge in [0.1, 0.15) is 11.5 Å². The fourth-order valence-corrected chi connectivity index (χ4v) is 2.33. The number of carbonyl (C=O) groups is 1. The molecule has 1 N–H and O–H groups in total. The van der Waals surface area contributed by atoms with Crippen LogP contribution in [-0.4, -0.2) is 12.1 Å². The maximum atomic E-state index is 11.8. The number of benzene rings is 2. The van der Waals surface area contributed by atoms with E-state index >= 15 is 0 Å². The molecule has 1 amide bonds. The Labute approximate surface area is 148 Å². The Morgan fingerprint density at radius 3 is 2.54 bits per heavy atom. The molecule has 2 aromatic carbocycles. The van der Waals surface area contributed by atoms with Crippen LogP contribution in [0.5, 0.6) is 0 Å². The molecule has 0 atom stereocenters. The zero-order valence-electron chi connectivity index (χ0n) is 12.4. The summed E-state index contributed by atoms with van der Waals surface area (Å²) in [5.74, 6) is 0.844.